The average Bonchev–Trinajstić information content (AvgIpc) is 2.71. The standard InChI is InChI=1S/C14H18N4O4/c1-13(2,3)22-12(21)16-8-14(9-5-4-6-15-7-9)10(19)17-11(20)18-14/h4-7H,8H2,1-3H3,(H,16,21)(H2,17,18,19,20). The van der Waals surface area contributed by atoms with Crippen molar-refractivity contribution in [1.82, 2.24) is 20.9 Å². The number of carbonyl (C=O) groups excluding carboxylic acids is 3. The van der Waals surface area contributed by atoms with Crippen molar-refractivity contribution in [2.45, 2.75) is 31.9 Å². The summed E-state index contributed by atoms with van der Waals surface area (Å²) in [6.45, 7) is 5.04. The summed E-state index contributed by atoms with van der Waals surface area (Å²) in [5.74, 6) is -0.554. The minimum Gasteiger partial charge on any atom is -0.444 e. The molecule has 2 heterocycles. The fraction of sp³-hybridized carbons (Fsp3) is 0.429. The normalized spacial score (nSPS) is 21.0. The van der Waals surface area contributed by atoms with Gasteiger partial charge in [0, 0.05) is 18.0 Å². The third-order valence-electron chi connectivity index (χ3n) is 2.99. The van der Waals surface area contributed by atoms with E-state index in [9.17, 15) is 14.4 Å². The van der Waals surface area contributed by atoms with Crippen LogP contribution >= 0.6 is 0 Å². The molecule has 1 aromatic rings. The van der Waals surface area contributed by atoms with Crippen molar-refractivity contribution in [1.29, 1.82) is 0 Å². The van der Waals surface area contributed by atoms with E-state index < -0.39 is 29.2 Å². The van der Waals surface area contributed by atoms with Gasteiger partial charge in [-0.2, -0.15) is 0 Å². The highest BCUT2D eigenvalue weighted by molar-refractivity contribution is 6.07. The monoisotopic (exact) mass is 306 g/mol. The third kappa shape index (κ3) is 3.33. The Morgan fingerprint density at radius 1 is 1.41 bits per heavy atom. The lowest BCUT2D eigenvalue weighted by molar-refractivity contribution is -0.124. The van der Waals surface area contributed by atoms with Gasteiger partial charge in [-0.3, -0.25) is 15.1 Å². The van der Waals surface area contributed by atoms with E-state index in [1.165, 1.54) is 6.20 Å². The van der Waals surface area contributed by atoms with Gasteiger partial charge >= 0.3 is 12.1 Å². The van der Waals surface area contributed by atoms with Gasteiger partial charge in [0.25, 0.3) is 5.91 Å². The average molecular weight is 306 g/mol. The minimum atomic E-state index is -1.40. The number of aromatic nitrogens is 1. The number of hydrogen-bond donors (Lipinski definition) is 3. The Bertz CT molecular complexity index is 597. The Hall–Kier alpha value is -2.64. The Balaban J connectivity index is 2.19. The second-order valence-corrected chi connectivity index (χ2v) is 5.91. The number of hydrogen-bond acceptors (Lipinski definition) is 5. The van der Waals surface area contributed by atoms with Gasteiger partial charge in [0.15, 0.2) is 5.54 Å². The van der Waals surface area contributed by atoms with Gasteiger partial charge in [-0.1, -0.05) is 6.07 Å². The molecule has 0 bridgehead atoms. The molecule has 1 aliphatic rings. The number of carbonyl (C=O) groups is 3. The fourth-order valence-electron chi connectivity index (χ4n) is 2.06. The number of pyridine rings is 1. The summed E-state index contributed by atoms with van der Waals surface area (Å²) in [5.41, 5.74) is -1.59. The van der Waals surface area contributed by atoms with E-state index in [2.05, 4.69) is 20.9 Å². The van der Waals surface area contributed by atoms with Crippen LogP contribution in [0.25, 0.3) is 0 Å². The smallest absolute Gasteiger partial charge is 0.407 e. The molecule has 2 rings (SSSR count). The Labute approximate surface area is 127 Å². The van der Waals surface area contributed by atoms with Gasteiger partial charge in [0.05, 0.1) is 6.54 Å². The molecule has 1 unspecified atom stereocenters. The van der Waals surface area contributed by atoms with Gasteiger partial charge in [-0.05, 0) is 26.8 Å². The number of nitrogens with one attached hydrogen (secondary N) is 3. The maximum atomic E-state index is 12.2. The summed E-state index contributed by atoms with van der Waals surface area (Å²) in [5, 5.41) is 7.22. The molecule has 0 aromatic carbocycles. The molecule has 1 fully saturated rings. The van der Waals surface area contributed by atoms with E-state index in [1.54, 1.807) is 39.1 Å². The van der Waals surface area contributed by atoms with Crippen LogP contribution in [0.2, 0.25) is 0 Å². The van der Waals surface area contributed by atoms with Crippen molar-refractivity contribution >= 4 is 18.0 Å². The van der Waals surface area contributed by atoms with Crippen molar-refractivity contribution in [3.05, 3.63) is 30.1 Å². The molecule has 1 aliphatic heterocycles. The van der Waals surface area contributed by atoms with E-state index >= 15 is 0 Å². The lowest BCUT2D eigenvalue weighted by Gasteiger charge is -2.27. The molecule has 1 aromatic heterocycles. The number of ether oxygens (including phenoxy) is 1. The Morgan fingerprint density at radius 2 is 2.14 bits per heavy atom. The second-order valence-electron chi connectivity index (χ2n) is 5.91. The van der Waals surface area contributed by atoms with E-state index in [-0.39, 0.29) is 6.54 Å². The zero-order chi connectivity index (χ0) is 16.4. The first kappa shape index (κ1) is 15.7. The molecule has 22 heavy (non-hydrogen) atoms. The van der Waals surface area contributed by atoms with Crippen molar-refractivity contribution in [3.63, 3.8) is 0 Å². The Kier molecular flexibility index (Phi) is 4.03. The molecular weight excluding hydrogens is 288 g/mol. The number of alkyl carbamates (subject to hydrolysis) is 1. The van der Waals surface area contributed by atoms with Gasteiger partial charge in [0.1, 0.15) is 5.60 Å². The SMILES string of the molecule is CC(C)(C)OC(=O)NCC1(c2cccnc2)NC(=O)NC1=O. The van der Waals surface area contributed by atoms with Crippen LogP contribution < -0.4 is 16.0 Å². The summed E-state index contributed by atoms with van der Waals surface area (Å²) in [7, 11) is 0. The molecule has 0 aliphatic carbocycles. The largest absolute Gasteiger partial charge is 0.444 e. The van der Waals surface area contributed by atoms with Crippen LogP contribution in [0, 0.1) is 0 Å². The zero-order valence-corrected chi connectivity index (χ0v) is 12.6. The summed E-state index contributed by atoms with van der Waals surface area (Å²) in [6.07, 6.45) is 2.33. The van der Waals surface area contributed by atoms with E-state index in [0.29, 0.717) is 5.56 Å². The van der Waals surface area contributed by atoms with Crippen molar-refractivity contribution in [2.75, 3.05) is 6.54 Å². The van der Waals surface area contributed by atoms with Gasteiger partial charge in [-0.15, -0.1) is 0 Å². The predicted molar refractivity (Wildman–Crippen MR) is 76.8 cm³/mol. The van der Waals surface area contributed by atoms with Crippen LogP contribution in [0.4, 0.5) is 9.59 Å². The second kappa shape index (κ2) is 5.63. The summed E-state index contributed by atoms with van der Waals surface area (Å²) < 4.78 is 5.13. The quantitative estimate of drug-likeness (QED) is 0.710. The number of nitrogens with zero attached hydrogens (tertiary/aromatic N) is 1. The molecule has 0 spiro atoms. The van der Waals surface area contributed by atoms with Crippen LogP contribution in [-0.4, -0.2) is 35.2 Å². The molecular formula is C14H18N4O4. The van der Waals surface area contributed by atoms with Crippen LogP contribution in [-0.2, 0) is 15.1 Å². The van der Waals surface area contributed by atoms with Crippen LogP contribution in [0.3, 0.4) is 0 Å². The number of rotatable bonds is 3. The van der Waals surface area contributed by atoms with Crippen LogP contribution in [0.1, 0.15) is 26.3 Å². The molecule has 1 saturated heterocycles. The third-order valence-corrected chi connectivity index (χ3v) is 2.99. The number of urea groups is 1. The van der Waals surface area contributed by atoms with Crippen molar-refractivity contribution in [2.24, 2.45) is 0 Å². The minimum absolute atomic E-state index is 0.148. The van der Waals surface area contributed by atoms with Gasteiger partial charge in [0.2, 0.25) is 0 Å². The predicted octanol–water partition coefficient (Wildman–Crippen LogP) is 0.641. The number of amides is 4. The fourth-order valence-corrected chi connectivity index (χ4v) is 2.06. The first-order valence-electron chi connectivity index (χ1n) is 6.74. The highest BCUT2D eigenvalue weighted by atomic mass is 16.6. The molecule has 0 radical (unpaired) electrons. The zero-order valence-electron chi connectivity index (χ0n) is 12.6. The molecule has 1 atom stereocenters. The lowest BCUT2D eigenvalue weighted by atomic mass is 9.91. The first-order chi connectivity index (χ1) is 10.2. The highest BCUT2D eigenvalue weighted by Crippen LogP contribution is 2.23. The lowest BCUT2D eigenvalue weighted by Crippen LogP contribution is -2.53. The van der Waals surface area contributed by atoms with Crippen LogP contribution in [0.15, 0.2) is 24.5 Å². The van der Waals surface area contributed by atoms with E-state index in [4.69, 9.17) is 4.74 Å². The van der Waals surface area contributed by atoms with Gasteiger partial charge < -0.3 is 15.4 Å². The maximum Gasteiger partial charge on any atom is 0.407 e. The highest BCUT2D eigenvalue weighted by Gasteiger charge is 2.48. The summed E-state index contributed by atoms with van der Waals surface area (Å²) in [6, 6.07) is 2.66. The van der Waals surface area contributed by atoms with Crippen LogP contribution in [0.5, 0.6) is 0 Å². The molecule has 8 nitrogen and oxygen atoms in total. The summed E-state index contributed by atoms with van der Waals surface area (Å²) >= 11 is 0. The first-order valence-corrected chi connectivity index (χ1v) is 6.74. The van der Waals surface area contributed by atoms with Crippen molar-refractivity contribution in [3.8, 4) is 0 Å². The van der Waals surface area contributed by atoms with Gasteiger partial charge in [-0.25, -0.2) is 9.59 Å². The number of imide groups is 1. The molecule has 4 amide bonds. The molecule has 118 valence electrons. The Morgan fingerprint density at radius 3 is 2.64 bits per heavy atom. The maximum absolute atomic E-state index is 12.2. The topological polar surface area (TPSA) is 109 Å². The molecule has 3 N–H and O–H groups in total. The summed E-state index contributed by atoms with van der Waals surface area (Å²) in [4.78, 5) is 39.4. The van der Waals surface area contributed by atoms with E-state index in [0.717, 1.165) is 0 Å². The molecule has 8 heteroatoms. The molecule has 0 saturated carbocycles. The van der Waals surface area contributed by atoms with E-state index in [1.807, 2.05) is 0 Å². The van der Waals surface area contributed by atoms with Crippen molar-refractivity contribution < 1.29 is 19.1 Å².